The molecule has 5 heteroatoms. The molecule has 1 atom stereocenters. The summed E-state index contributed by atoms with van der Waals surface area (Å²) in [7, 11) is 0. The fourth-order valence-electron chi connectivity index (χ4n) is 1.39. The number of hydrogen-bond donors (Lipinski definition) is 0. The van der Waals surface area contributed by atoms with Gasteiger partial charge >= 0.3 is 11.9 Å². The van der Waals surface area contributed by atoms with Gasteiger partial charge in [-0.05, 0) is 6.42 Å². The number of amides is 1. The van der Waals surface area contributed by atoms with Gasteiger partial charge in [0.2, 0.25) is 5.78 Å². The first kappa shape index (κ1) is 11.7. The van der Waals surface area contributed by atoms with Crippen molar-refractivity contribution < 1.29 is 19.2 Å². The van der Waals surface area contributed by atoms with Crippen molar-refractivity contribution >= 4 is 17.7 Å². The predicted octanol–water partition coefficient (Wildman–Crippen LogP) is 0.682. The third kappa shape index (κ3) is 2.78. The van der Waals surface area contributed by atoms with E-state index in [0.29, 0.717) is 0 Å². The number of Topliss-reactive ketones (excluding diaryl/α,β-unsaturated/α-hetero) is 1. The minimum atomic E-state index is -0.716. The number of hydroxylamine groups is 2. The van der Waals surface area contributed by atoms with Crippen molar-refractivity contribution in [3.8, 4) is 0 Å². The maximum absolute atomic E-state index is 11.4. The lowest BCUT2D eigenvalue weighted by molar-refractivity contribution is -0.196. The first-order valence-electron chi connectivity index (χ1n) is 5.12. The van der Waals surface area contributed by atoms with E-state index in [1.165, 1.54) is 0 Å². The molecule has 0 saturated carbocycles. The number of nitrogens with zero attached hydrogens (tertiary/aromatic N) is 1. The van der Waals surface area contributed by atoms with E-state index in [1.807, 2.05) is 6.92 Å². The van der Waals surface area contributed by atoms with Gasteiger partial charge in [0, 0.05) is 6.42 Å². The molecular formula is C10H15NO4. The Hall–Kier alpha value is -1.39. The van der Waals surface area contributed by atoms with Crippen LogP contribution in [0.1, 0.15) is 33.1 Å². The van der Waals surface area contributed by atoms with Gasteiger partial charge in [-0.3, -0.25) is 9.59 Å². The van der Waals surface area contributed by atoms with E-state index < -0.39 is 17.7 Å². The quantitative estimate of drug-likeness (QED) is 0.644. The van der Waals surface area contributed by atoms with Gasteiger partial charge < -0.3 is 4.84 Å². The first-order valence-corrected chi connectivity index (χ1v) is 5.12. The van der Waals surface area contributed by atoms with Crippen molar-refractivity contribution in [3.63, 3.8) is 0 Å². The molecule has 1 aliphatic rings. The molecule has 5 nitrogen and oxygen atoms in total. The zero-order valence-electron chi connectivity index (χ0n) is 8.99. The molecule has 1 unspecified atom stereocenters. The Bertz CT molecular complexity index is 287. The summed E-state index contributed by atoms with van der Waals surface area (Å²) in [5.74, 6) is -1.89. The molecule has 15 heavy (non-hydrogen) atoms. The van der Waals surface area contributed by atoms with E-state index in [1.54, 1.807) is 6.92 Å². The van der Waals surface area contributed by atoms with Crippen LogP contribution in [0.3, 0.4) is 0 Å². The summed E-state index contributed by atoms with van der Waals surface area (Å²) in [4.78, 5) is 38.2. The van der Waals surface area contributed by atoms with Gasteiger partial charge in [-0.15, -0.1) is 0 Å². The molecule has 0 aromatic rings. The molecule has 0 bridgehead atoms. The second-order valence-electron chi connectivity index (χ2n) is 3.68. The summed E-state index contributed by atoms with van der Waals surface area (Å²) in [6, 6.07) is 0. The molecule has 0 N–H and O–H groups in total. The van der Waals surface area contributed by atoms with Gasteiger partial charge in [0.1, 0.15) is 0 Å². The van der Waals surface area contributed by atoms with Crippen molar-refractivity contribution in [2.75, 3.05) is 6.54 Å². The average molecular weight is 213 g/mol. The molecule has 1 saturated heterocycles. The zero-order valence-corrected chi connectivity index (χ0v) is 8.99. The minimum Gasteiger partial charge on any atom is -0.337 e. The molecule has 0 spiro atoms. The number of rotatable bonds is 4. The Balaban J connectivity index is 2.45. The predicted molar refractivity (Wildman–Crippen MR) is 51.5 cm³/mol. The van der Waals surface area contributed by atoms with Gasteiger partial charge in [0.05, 0.1) is 12.5 Å². The van der Waals surface area contributed by atoms with Gasteiger partial charge in [-0.2, -0.15) is 5.06 Å². The van der Waals surface area contributed by atoms with Gasteiger partial charge in [-0.1, -0.05) is 20.3 Å². The van der Waals surface area contributed by atoms with Crippen molar-refractivity contribution in [2.45, 2.75) is 33.1 Å². The standard InChI is InChI=1S/C10H15NO4/c1-3-4-7(2)10(14)15-11-6-5-8(12)9(11)13/h7H,3-6H2,1-2H3. The van der Waals surface area contributed by atoms with Crippen molar-refractivity contribution in [1.29, 1.82) is 0 Å². The summed E-state index contributed by atoms with van der Waals surface area (Å²) in [5, 5.41) is 0.858. The highest BCUT2D eigenvalue weighted by atomic mass is 16.7. The SMILES string of the molecule is CCCC(C)C(=O)ON1CCC(=O)C1=O. The molecule has 1 rings (SSSR count). The van der Waals surface area contributed by atoms with Crippen LogP contribution in [0.4, 0.5) is 0 Å². The van der Waals surface area contributed by atoms with E-state index in [2.05, 4.69) is 0 Å². The molecule has 1 fully saturated rings. The van der Waals surface area contributed by atoms with E-state index in [-0.39, 0.29) is 18.9 Å². The summed E-state index contributed by atoms with van der Waals surface area (Å²) in [5.41, 5.74) is 0. The number of ketones is 1. The summed E-state index contributed by atoms with van der Waals surface area (Å²) >= 11 is 0. The van der Waals surface area contributed by atoms with E-state index >= 15 is 0 Å². The van der Waals surface area contributed by atoms with Crippen LogP contribution in [0.2, 0.25) is 0 Å². The minimum absolute atomic E-state index is 0.133. The van der Waals surface area contributed by atoms with Crippen LogP contribution in [-0.2, 0) is 19.2 Å². The van der Waals surface area contributed by atoms with Crippen LogP contribution in [0.5, 0.6) is 0 Å². The molecule has 84 valence electrons. The van der Waals surface area contributed by atoms with Crippen LogP contribution in [0.25, 0.3) is 0 Å². The van der Waals surface area contributed by atoms with E-state index in [9.17, 15) is 14.4 Å². The molecule has 0 aliphatic carbocycles. The van der Waals surface area contributed by atoms with Crippen molar-refractivity contribution in [1.82, 2.24) is 5.06 Å². The lowest BCUT2D eigenvalue weighted by atomic mass is 10.1. The van der Waals surface area contributed by atoms with Crippen LogP contribution < -0.4 is 0 Å². The molecule has 1 aliphatic heterocycles. The van der Waals surface area contributed by atoms with E-state index in [0.717, 1.165) is 17.9 Å². The van der Waals surface area contributed by atoms with Gasteiger partial charge in [0.15, 0.2) is 0 Å². The molecule has 0 radical (unpaired) electrons. The van der Waals surface area contributed by atoms with Gasteiger partial charge in [-0.25, -0.2) is 4.79 Å². The topological polar surface area (TPSA) is 63.7 Å². The molecule has 0 aromatic heterocycles. The van der Waals surface area contributed by atoms with E-state index in [4.69, 9.17) is 4.84 Å². The smallest absolute Gasteiger partial charge is 0.335 e. The third-order valence-electron chi connectivity index (χ3n) is 2.33. The fourth-order valence-corrected chi connectivity index (χ4v) is 1.39. The monoisotopic (exact) mass is 213 g/mol. The highest BCUT2D eigenvalue weighted by molar-refractivity contribution is 6.37. The Morgan fingerprint density at radius 2 is 2.20 bits per heavy atom. The third-order valence-corrected chi connectivity index (χ3v) is 2.33. The highest BCUT2D eigenvalue weighted by Crippen LogP contribution is 2.12. The van der Waals surface area contributed by atoms with Crippen molar-refractivity contribution in [2.24, 2.45) is 5.92 Å². The number of hydrogen-bond acceptors (Lipinski definition) is 4. The molecule has 1 amide bonds. The summed E-state index contributed by atoms with van der Waals surface area (Å²) in [6.45, 7) is 3.89. The molecule has 1 heterocycles. The van der Waals surface area contributed by atoms with Crippen LogP contribution >= 0.6 is 0 Å². The number of carbonyl (C=O) groups excluding carboxylic acids is 3. The second-order valence-corrected chi connectivity index (χ2v) is 3.68. The summed E-state index contributed by atoms with van der Waals surface area (Å²) < 4.78 is 0. The summed E-state index contributed by atoms with van der Waals surface area (Å²) in [6.07, 6.45) is 1.73. The van der Waals surface area contributed by atoms with Crippen LogP contribution in [0, 0.1) is 5.92 Å². The number of carbonyl (C=O) groups is 3. The second kappa shape index (κ2) is 4.91. The average Bonchev–Trinajstić information content (AvgIpc) is 2.50. The zero-order chi connectivity index (χ0) is 11.4. The van der Waals surface area contributed by atoms with Crippen molar-refractivity contribution in [3.05, 3.63) is 0 Å². The lowest BCUT2D eigenvalue weighted by Gasteiger charge is -2.16. The largest absolute Gasteiger partial charge is 0.337 e. The molecular weight excluding hydrogens is 198 g/mol. The first-order chi connectivity index (χ1) is 7.06. The maximum Gasteiger partial charge on any atom is 0.335 e. The maximum atomic E-state index is 11.4. The molecule has 0 aromatic carbocycles. The fraction of sp³-hybridized carbons (Fsp3) is 0.700. The Labute approximate surface area is 88.3 Å². The van der Waals surface area contributed by atoms with Crippen LogP contribution in [0.15, 0.2) is 0 Å². The normalized spacial score (nSPS) is 18.1. The van der Waals surface area contributed by atoms with Crippen LogP contribution in [-0.4, -0.2) is 29.3 Å². The Kier molecular flexibility index (Phi) is 3.82. The van der Waals surface area contributed by atoms with Gasteiger partial charge in [0.25, 0.3) is 0 Å². The Morgan fingerprint density at radius 1 is 1.53 bits per heavy atom. The highest BCUT2D eigenvalue weighted by Gasteiger charge is 2.33. The lowest BCUT2D eigenvalue weighted by Crippen LogP contribution is -2.32. The Morgan fingerprint density at radius 3 is 2.67 bits per heavy atom.